The highest BCUT2D eigenvalue weighted by atomic mass is 32.2. The molecule has 4 rings (SSSR count). The smallest absolute Gasteiger partial charge is 0.338 e. The second kappa shape index (κ2) is 12.2. The zero-order valence-electron chi connectivity index (χ0n) is 19.1. The maximum absolute atomic E-state index is 12.6. The van der Waals surface area contributed by atoms with Crippen LogP contribution in [0.2, 0.25) is 0 Å². The Morgan fingerprint density at radius 3 is 2.26 bits per heavy atom. The molecule has 0 fully saturated rings. The molecule has 0 saturated carbocycles. The Hall–Kier alpha value is -3.56. The number of nitrogens with one attached hydrogen (secondary N) is 1. The number of hydrogen-bond acceptors (Lipinski definition) is 7. The lowest BCUT2D eigenvalue weighted by Crippen LogP contribution is -2.15. The third-order valence-electron chi connectivity index (χ3n) is 4.84. The molecule has 0 radical (unpaired) electrons. The van der Waals surface area contributed by atoms with Gasteiger partial charge in [0.15, 0.2) is 5.16 Å². The summed E-state index contributed by atoms with van der Waals surface area (Å²) in [7, 11) is 0. The Morgan fingerprint density at radius 1 is 0.886 bits per heavy atom. The molecule has 0 aliphatic rings. The van der Waals surface area contributed by atoms with Gasteiger partial charge in [-0.3, -0.25) is 9.36 Å². The summed E-state index contributed by atoms with van der Waals surface area (Å²) in [5, 5.41) is 12.3. The van der Waals surface area contributed by atoms with Crippen molar-refractivity contribution in [2.45, 2.75) is 22.7 Å². The van der Waals surface area contributed by atoms with Crippen molar-refractivity contribution in [3.8, 4) is 5.69 Å². The number of esters is 1. The Bertz CT molecular complexity index is 1260. The van der Waals surface area contributed by atoms with E-state index in [2.05, 4.69) is 27.6 Å². The fourth-order valence-corrected chi connectivity index (χ4v) is 4.82. The van der Waals surface area contributed by atoms with E-state index in [4.69, 9.17) is 4.74 Å². The highest BCUT2D eigenvalue weighted by Gasteiger charge is 2.16. The van der Waals surface area contributed by atoms with Gasteiger partial charge in [-0.15, -0.1) is 22.0 Å². The molecule has 4 aromatic rings. The van der Waals surface area contributed by atoms with Crippen LogP contribution in [-0.2, 0) is 15.3 Å². The third-order valence-corrected chi connectivity index (χ3v) is 6.78. The van der Waals surface area contributed by atoms with E-state index in [0.29, 0.717) is 28.8 Å². The van der Waals surface area contributed by atoms with Gasteiger partial charge in [0.1, 0.15) is 5.82 Å². The van der Waals surface area contributed by atoms with E-state index in [9.17, 15) is 9.59 Å². The van der Waals surface area contributed by atoms with Gasteiger partial charge in [0.2, 0.25) is 5.91 Å². The summed E-state index contributed by atoms with van der Waals surface area (Å²) in [4.78, 5) is 25.5. The van der Waals surface area contributed by atoms with Gasteiger partial charge in [-0.2, -0.15) is 0 Å². The maximum Gasteiger partial charge on any atom is 0.338 e. The predicted octanol–water partition coefficient (Wildman–Crippen LogP) is 5.47. The molecule has 1 N–H and O–H groups in total. The number of hydrogen-bond donors (Lipinski definition) is 1. The van der Waals surface area contributed by atoms with E-state index in [1.54, 1.807) is 43.0 Å². The first kappa shape index (κ1) is 24.6. The van der Waals surface area contributed by atoms with Crippen LogP contribution in [0.3, 0.4) is 0 Å². The molecule has 1 aromatic heterocycles. The average Bonchev–Trinajstić information content (AvgIpc) is 3.31. The first-order chi connectivity index (χ1) is 17.1. The first-order valence-corrected chi connectivity index (χ1v) is 13.0. The second-order valence-corrected chi connectivity index (χ2v) is 9.30. The number of thioether (sulfide) groups is 2. The van der Waals surface area contributed by atoms with Gasteiger partial charge >= 0.3 is 5.97 Å². The first-order valence-electron chi connectivity index (χ1n) is 11.0. The number of benzene rings is 3. The number of carbonyl (C=O) groups excluding carboxylic acids is 2. The number of rotatable bonds is 10. The zero-order chi connectivity index (χ0) is 24.5. The average molecular weight is 505 g/mol. The van der Waals surface area contributed by atoms with Crippen molar-refractivity contribution in [1.29, 1.82) is 0 Å². The molecule has 7 nitrogen and oxygen atoms in total. The van der Waals surface area contributed by atoms with Crippen molar-refractivity contribution >= 4 is 41.1 Å². The summed E-state index contributed by atoms with van der Waals surface area (Å²) in [5.41, 5.74) is 1.99. The molecule has 0 saturated heterocycles. The summed E-state index contributed by atoms with van der Waals surface area (Å²) in [6, 6.07) is 26.6. The monoisotopic (exact) mass is 504 g/mol. The van der Waals surface area contributed by atoms with E-state index >= 15 is 0 Å². The minimum absolute atomic E-state index is 0.163. The van der Waals surface area contributed by atoms with Crippen molar-refractivity contribution < 1.29 is 14.3 Å². The van der Waals surface area contributed by atoms with Crippen molar-refractivity contribution in [2.75, 3.05) is 17.7 Å². The molecular formula is C26H24N4O3S2. The largest absolute Gasteiger partial charge is 0.462 e. The highest BCUT2D eigenvalue weighted by molar-refractivity contribution is 7.99. The van der Waals surface area contributed by atoms with Crippen LogP contribution in [-0.4, -0.2) is 39.0 Å². The lowest BCUT2D eigenvalue weighted by Gasteiger charge is -2.10. The van der Waals surface area contributed by atoms with Gasteiger partial charge in [0.05, 0.1) is 23.7 Å². The number of anilines is 1. The van der Waals surface area contributed by atoms with Crippen LogP contribution in [0.5, 0.6) is 0 Å². The molecule has 0 bridgehead atoms. The van der Waals surface area contributed by atoms with Crippen LogP contribution in [0.25, 0.3) is 5.69 Å². The molecule has 0 unspecified atom stereocenters. The highest BCUT2D eigenvalue weighted by Crippen LogP contribution is 2.27. The van der Waals surface area contributed by atoms with E-state index in [-0.39, 0.29) is 17.6 Å². The quantitative estimate of drug-likeness (QED) is 0.226. The fourth-order valence-electron chi connectivity index (χ4n) is 3.22. The van der Waals surface area contributed by atoms with Crippen LogP contribution in [0.4, 0.5) is 5.69 Å². The van der Waals surface area contributed by atoms with E-state index in [1.807, 2.05) is 53.1 Å². The van der Waals surface area contributed by atoms with Crippen molar-refractivity contribution in [2.24, 2.45) is 0 Å². The summed E-state index contributed by atoms with van der Waals surface area (Å²) >= 11 is 3.00. The van der Waals surface area contributed by atoms with E-state index in [0.717, 1.165) is 16.4 Å². The molecule has 0 spiro atoms. The number of para-hydroxylation sites is 1. The van der Waals surface area contributed by atoms with Crippen LogP contribution < -0.4 is 5.32 Å². The minimum Gasteiger partial charge on any atom is -0.462 e. The second-order valence-electron chi connectivity index (χ2n) is 7.31. The SMILES string of the molecule is CCOC(=O)c1ccc(NC(=O)CSc2nnc(CSc3ccccc3)n2-c2ccccc2)cc1. The molecule has 35 heavy (non-hydrogen) atoms. The third kappa shape index (κ3) is 6.74. The Labute approximate surface area is 212 Å². The lowest BCUT2D eigenvalue weighted by atomic mass is 10.2. The van der Waals surface area contributed by atoms with Crippen LogP contribution in [0.1, 0.15) is 23.1 Å². The van der Waals surface area contributed by atoms with Crippen molar-refractivity contribution in [1.82, 2.24) is 14.8 Å². The van der Waals surface area contributed by atoms with Crippen molar-refractivity contribution in [3.63, 3.8) is 0 Å². The Kier molecular flexibility index (Phi) is 8.58. The Balaban J connectivity index is 1.42. The summed E-state index contributed by atoms with van der Waals surface area (Å²) in [6.45, 7) is 2.07. The molecular weight excluding hydrogens is 480 g/mol. The molecule has 0 atom stereocenters. The molecule has 9 heteroatoms. The molecule has 0 aliphatic heterocycles. The topological polar surface area (TPSA) is 86.1 Å². The normalized spacial score (nSPS) is 10.7. The van der Waals surface area contributed by atoms with Crippen molar-refractivity contribution in [3.05, 3.63) is 96.3 Å². The molecule has 178 valence electrons. The Morgan fingerprint density at radius 2 is 1.57 bits per heavy atom. The molecule has 1 heterocycles. The summed E-state index contributed by atoms with van der Waals surface area (Å²) < 4.78 is 6.97. The lowest BCUT2D eigenvalue weighted by molar-refractivity contribution is -0.113. The van der Waals surface area contributed by atoms with Gasteiger partial charge in [-0.1, -0.05) is 48.2 Å². The number of nitrogens with zero attached hydrogens (tertiary/aromatic N) is 3. The van der Waals surface area contributed by atoms with Crippen LogP contribution in [0.15, 0.2) is 95.0 Å². The fraction of sp³-hybridized carbons (Fsp3) is 0.154. The number of amides is 1. The zero-order valence-corrected chi connectivity index (χ0v) is 20.7. The van der Waals surface area contributed by atoms with E-state index in [1.165, 1.54) is 11.8 Å². The van der Waals surface area contributed by atoms with Gasteiger partial charge < -0.3 is 10.1 Å². The number of ether oxygens (including phenoxy) is 1. The molecule has 1 amide bonds. The summed E-state index contributed by atoms with van der Waals surface area (Å²) in [5.74, 6) is 1.05. The molecule has 0 aliphatic carbocycles. The van der Waals surface area contributed by atoms with Gasteiger partial charge in [-0.05, 0) is 55.5 Å². The van der Waals surface area contributed by atoms with Crippen LogP contribution >= 0.6 is 23.5 Å². The minimum atomic E-state index is -0.387. The predicted molar refractivity (Wildman–Crippen MR) is 139 cm³/mol. The standard InChI is InChI=1S/C26H24N4O3S2/c1-2-33-25(32)19-13-15-20(16-14-19)27-24(31)18-35-26-29-28-23(17-34-22-11-7-4-8-12-22)30(26)21-9-5-3-6-10-21/h3-16H,2,17-18H2,1H3,(H,27,31). The summed E-state index contributed by atoms with van der Waals surface area (Å²) in [6.07, 6.45) is 0. The number of carbonyl (C=O) groups is 2. The van der Waals surface area contributed by atoms with Gasteiger partial charge in [0.25, 0.3) is 0 Å². The maximum atomic E-state index is 12.6. The van der Waals surface area contributed by atoms with Crippen LogP contribution in [0, 0.1) is 0 Å². The molecule has 3 aromatic carbocycles. The van der Waals surface area contributed by atoms with E-state index < -0.39 is 0 Å². The van der Waals surface area contributed by atoms with Gasteiger partial charge in [0, 0.05) is 16.3 Å². The number of aromatic nitrogens is 3. The van der Waals surface area contributed by atoms with Gasteiger partial charge in [-0.25, -0.2) is 4.79 Å².